The molecule has 0 N–H and O–H groups in total. The predicted octanol–water partition coefficient (Wildman–Crippen LogP) is 4.09. The van der Waals surface area contributed by atoms with Crippen molar-refractivity contribution < 1.29 is 9.53 Å². The van der Waals surface area contributed by atoms with Crippen molar-refractivity contribution in [3.8, 4) is 0 Å². The van der Waals surface area contributed by atoms with Crippen LogP contribution >= 0.6 is 0 Å². The van der Waals surface area contributed by atoms with Crippen molar-refractivity contribution in [1.29, 1.82) is 0 Å². The average Bonchev–Trinajstić information content (AvgIpc) is 2.88. The van der Waals surface area contributed by atoms with Gasteiger partial charge in [-0.05, 0) is 50.5 Å². The van der Waals surface area contributed by atoms with Gasteiger partial charge in [-0.2, -0.15) is 0 Å². The number of hydrogen-bond donors (Lipinski definition) is 0. The second-order valence-electron chi connectivity index (χ2n) is 5.27. The Hall–Kier alpha value is -1.31. The molecule has 1 fully saturated rings. The van der Waals surface area contributed by atoms with E-state index in [2.05, 4.69) is 13.5 Å². The van der Waals surface area contributed by atoms with E-state index in [1.165, 1.54) is 18.4 Å². The Kier molecular flexibility index (Phi) is 4.05. The van der Waals surface area contributed by atoms with E-state index in [1.54, 1.807) is 0 Å². The van der Waals surface area contributed by atoms with E-state index in [9.17, 15) is 4.79 Å². The zero-order valence-corrected chi connectivity index (χ0v) is 11.2. The highest BCUT2D eigenvalue weighted by atomic mass is 16.6. The number of carbonyl (C=O) groups excluding carboxylic acids is 1. The minimum Gasteiger partial charge on any atom is -0.456 e. The molecule has 2 aliphatic rings. The molecular formula is C16H22O2. The van der Waals surface area contributed by atoms with E-state index < -0.39 is 0 Å². The topological polar surface area (TPSA) is 26.3 Å². The van der Waals surface area contributed by atoms with Gasteiger partial charge in [-0.3, -0.25) is 0 Å². The molecule has 0 radical (unpaired) electrons. The van der Waals surface area contributed by atoms with E-state index in [4.69, 9.17) is 4.74 Å². The van der Waals surface area contributed by atoms with Gasteiger partial charge in [0.05, 0.1) is 0 Å². The molecule has 2 aliphatic carbocycles. The monoisotopic (exact) mass is 246 g/mol. The highest BCUT2D eigenvalue weighted by Gasteiger charge is 2.36. The molecule has 2 nitrogen and oxygen atoms in total. The summed E-state index contributed by atoms with van der Waals surface area (Å²) in [4.78, 5) is 12.2. The summed E-state index contributed by atoms with van der Waals surface area (Å²) in [6, 6.07) is 0. The lowest BCUT2D eigenvalue weighted by atomic mass is 9.96. The Balaban J connectivity index is 2.02. The highest BCUT2D eigenvalue weighted by Crippen LogP contribution is 2.37. The summed E-state index contributed by atoms with van der Waals surface area (Å²) in [5, 5.41) is 0. The second kappa shape index (κ2) is 5.55. The zero-order chi connectivity index (χ0) is 13.0. The van der Waals surface area contributed by atoms with Crippen LogP contribution in [-0.2, 0) is 9.53 Å². The largest absolute Gasteiger partial charge is 0.456 e. The van der Waals surface area contributed by atoms with Crippen molar-refractivity contribution in [2.75, 3.05) is 0 Å². The summed E-state index contributed by atoms with van der Waals surface area (Å²) in [6.07, 6.45) is 12.7. The van der Waals surface area contributed by atoms with E-state index in [0.717, 1.165) is 37.7 Å². The molecule has 0 aromatic heterocycles. The molecule has 0 spiro atoms. The first-order valence-electron chi connectivity index (χ1n) is 6.94. The van der Waals surface area contributed by atoms with Crippen LogP contribution in [0, 0.1) is 0 Å². The van der Waals surface area contributed by atoms with Crippen molar-refractivity contribution in [2.45, 2.75) is 57.5 Å². The van der Waals surface area contributed by atoms with Crippen molar-refractivity contribution in [2.24, 2.45) is 0 Å². The van der Waals surface area contributed by atoms with Crippen LogP contribution in [0.1, 0.15) is 51.9 Å². The summed E-state index contributed by atoms with van der Waals surface area (Å²) in [7, 11) is 0. The highest BCUT2D eigenvalue weighted by molar-refractivity contribution is 5.89. The van der Waals surface area contributed by atoms with Gasteiger partial charge < -0.3 is 4.74 Å². The van der Waals surface area contributed by atoms with Crippen LogP contribution in [0.2, 0.25) is 0 Å². The number of hydrogen-bond acceptors (Lipinski definition) is 2. The minimum atomic E-state index is -0.180. The van der Waals surface area contributed by atoms with E-state index in [1.807, 2.05) is 18.2 Å². The van der Waals surface area contributed by atoms with Gasteiger partial charge in [-0.1, -0.05) is 31.7 Å². The number of rotatable bonds is 4. The van der Waals surface area contributed by atoms with Gasteiger partial charge in [0.1, 0.15) is 5.60 Å². The Morgan fingerprint density at radius 1 is 1.39 bits per heavy atom. The Morgan fingerprint density at radius 2 is 2.11 bits per heavy atom. The van der Waals surface area contributed by atoms with Gasteiger partial charge in [0.2, 0.25) is 0 Å². The fourth-order valence-corrected chi connectivity index (χ4v) is 2.80. The lowest BCUT2D eigenvalue weighted by Crippen LogP contribution is -2.32. The molecule has 1 saturated carbocycles. The standard InChI is InChI=1S/C16H22O2/c1-3-13-7-9-14(10-8-13)15(17)18-16(4-2)11-5-6-12-16/h3,7,9H,1,4-6,8,10-12H2,2H3. The van der Waals surface area contributed by atoms with Gasteiger partial charge in [0.25, 0.3) is 0 Å². The Bertz CT molecular complexity index is 395. The molecule has 0 amide bonds. The first-order chi connectivity index (χ1) is 8.69. The molecule has 2 rings (SSSR count). The van der Waals surface area contributed by atoms with Crippen LogP contribution in [0.4, 0.5) is 0 Å². The average molecular weight is 246 g/mol. The maximum absolute atomic E-state index is 12.2. The quantitative estimate of drug-likeness (QED) is 0.698. The molecule has 0 unspecified atom stereocenters. The van der Waals surface area contributed by atoms with Crippen LogP contribution < -0.4 is 0 Å². The summed E-state index contributed by atoms with van der Waals surface area (Å²) >= 11 is 0. The van der Waals surface area contributed by atoms with Crippen molar-refractivity contribution in [3.63, 3.8) is 0 Å². The first kappa shape index (κ1) is 13.1. The molecule has 0 atom stereocenters. The lowest BCUT2D eigenvalue weighted by molar-refractivity contribution is -0.154. The van der Waals surface area contributed by atoms with Gasteiger partial charge >= 0.3 is 5.97 Å². The maximum atomic E-state index is 12.2. The van der Waals surface area contributed by atoms with Crippen molar-refractivity contribution >= 4 is 5.97 Å². The third-order valence-electron chi connectivity index (χ3n) is 4.17. The molecular weight excluding hydrogens is 224 g/mol. The maximum Gasteiger partial charge on any atom is 0.334 e. The van der Waals surface area contributed by atoms with Gasteiger partial charge in [0, 0.05) is 5.57 Å². The second-order valence-corrected chi connectivity index (χ2v) is 5.27. The number of esters is 1. The van der Waals surface area contributed by atoms with Crippen LogP contribution in [0.25, 0.3) is 0 Å². The summed E-state index contributed by atoms with van der Waals surface area (Å²) in [6.45, 7) is 5.86. The van der Waals surface area contributed by atoms with Gasteiger partial charge in [-0.15, -0.1) is 0 Å². The summed E-state index contributed by atoms with van der Waals surface area (Å²) < 4.78 is 5.79. The number of allylic oxidation sites excluding steroid dienone is 4. The predicted molar refractivity (Wildman–Crippen MR) is 73.2 cm³/mol. The number of ether oxygens (including phenoxy) is 1. The molecule has 98 valence electrons. The van der Waals surface area contributed by atoms with E-state index in [0.29, 0.717) is 0 Å². The van der Waals surface area contributed by atoms with Crippen molar-refractivity contribution in [1.82, 2.24) is 0 Å². The van der Waals surface area contributed by atoms with Crippen molar-refractivity contribution in [3.05, 3.63) is 36.0 Å². The third kappa shape index (κ3) is 2.74. The van der Waals surface area contributed by atoms with Gasteiger partial charge in [0.15, 0.2) is 0 Å². The van der Waals surface area contributed by atoms with E-state index in [-0.39, 0.29) is 11.6 Å². The zero-order valence-electron chi connectivity index (χ0n) is 11.2. The molecule has 0 aliphatic heterocycles. The molecule has 2 heteroatoms. The van der Waals surface area contributed by atoms with Crippen LogP contribution in [0.3, 0.4) is 0 Å². The first-order valence-corrected chi connectivity index (χ1v) is 6.94. The fraction of sp³-hybridized carbons (Fsp3) is 0.562. The normalized spacial score (nSPS) is 22.1. The summed E-state index contributed by atoms with van der Waals surface area (Å²) in [5.41, 5.74) is 1.82. The SMILES string of the molecule is C=CC1=CC=C(C(=O)OC2(CC)CCCC2)CC1. The Morgan fingerprint density at radius 3 is 2.61 bits per heavy atom. The third-order valence-corrected chi connectivity index (χ3v) is 4.17. The fourth-order valence-electron chi connectivity index (χ4n) is 2.80. The molecule has 0 aromatic carbocycles. The molecule has 0 bridgehead atoms. The minimum absolute atomic E-state index is 0.113. The van der Waals surface area contributed by atoms with Crippen LogP contribution in [0.5, 0.6) is 0 Å². The van der Waals surface area contributed by atoms with Gasteiger partial charge in [-0.25, -0.2) is 4.79 Å². The summed E-state index contributed by atoms with van der Waals surface area (Å²) in [5.74, 6) is -0.113. The number of carbonyl (C=O) groups is 1. The van der Waals surface area contributed by atoms with Crippen LogP contribution in [-0.4, -0.2) is 11.6 Å². The molecule has 0 heterocycles. The molecule has 0 saturated heterocycles. The lowest BCUT2D eigenvalue weighted by Gasteiger charge is -2.28. The van der Waals surface area contributed by atoms with Crippen LogP contribution in [0.15, 0.2) is 36.0 Å². The Labute approximate surface area is 109 Å². The molecule has 0 aromatic rings. The molecule has 18 heavy (non-hydrogen) atoms. The smallest absolute Gasteiger partial charge is 0.334 e. The van der Waals surface area contributed by atoms with E-state index >= 15 is 0 Å².